The van der Waals surface area contributed by atoms with E-state index in [2.05, 4.69) is 21.6 Å². The molecule has 0 saturated carbocycles. The lowest BCUT2D eigenvalue weighted by Gasteiger charge is -2.15. The lowest BCUT2D eigenvalue weighted by Crippen LogP contribution is -2.36. The first-order valence-electron chi connectivity index (χ1n) is 9.38. The van der Waals surface area contributed by atoms with E-state index in [9.17, 15) is 9.18 Å². The second-order valence-corrected chi connectivity index (χ2v) is 7.84. The van der Waals surface area contributed by atoms with Crippen molar-refractivity contribution in [1.29, 1.82) is 0 Å². The molecule has 3 aromatic rings. The van der Waals surface area contributed by atoms with Crippen molar-refractivity contribution in [3.8, 4) is 11.3 Å². The fraction of sp³-hybridized carbons (Fsp3) is 0.333. The van der Waals surface area contributed by atoms with Crippen LogP contribution in [0.3, 0.4) is 0 Å². The Labute approximate surface area is 168 Å². The number of hydrogen-bond donors (Lipinski definition) is 2. The minimum atomic E-state index is -0.252. The highest BCUT2D eigenvalue weighted by atomic mass is 32.1. The summed E-state index contributed by atoms with van der Waals surface area (Å²) >= 11 is 1.71. The van der Waals surface area contributed by atoms with Gasteiger partial charge < -0.3 is 5.32 Å². The van der Waals surface area contributed by atoms with E-state index < -0.39 is 0 Å². The average molecular weight is 401 g/mol. The van der Waals surface area contributed by atoms with Crippen molar-refractivity contribution in [2.75, 3.05) is 26.7 Å². The highest BCUT2D eigenvalue weighted by molar-refractivity contribution is 7.09. The molecular formula is C21H25FN4OS. The zero-order valence-electron chi connectivity index (χ0n) is 16.0. The number of H-pyrrole nitrogens is 1. The predicted molar refractivity (Wildman–Crippen MR) is 111 cm³/mol. The minimum absolute atomic E-state index is 0.0548. The zero-order chi connectivity index (χ0) is 19.8. The van der Waals surface area contributed by atoms with E-state index in [1.807, 2.05) is 29.5 Å². The number of aryl methyl sites for hydroxylation is 1. The van der Waals surface area contributed by atoms with Gasteiger partial charge in [0.25, 0.3) is 0 Å². The molecule has 28 heavy (non-hydrogen) atoms. The molecule has 5 nitrogen and oxygen atoms in total. The summed E-state index contributed by atoms with van der Waals surface area (Å²) in [7, 11) is 1.95. The van der Waals surface area contributed by atoms with Crippen LogP contribution in [-0.2, 0) is 17.6 Å². The third-order valence-corrected chi connectivity index (χ3v) is 5.38. The molecule has 2 N–H and O–H groups in total. The molecule has 0 atom stereocenters. The van der Waals surface area contributed by atoms with Crippen LogP contribution in [0.25, 0.3) is 11.3 Å². The van der Waals surface area contributed by atoms with Gasteiger partial charge in [-0.15, -0.1) is 11.3 Å². The zero-order valence-corrected chi connectivity index (χ0v) is 16.8. The van der Waals surface area contributed by atoms with Crippen molar-refractivity contribution in [2.24, 2.45) is 0 Å². The third-order valence-electron chi connectivity index (χ3n) is 4.44. The fourth-order valence-electron chi connectivity index (χ4n) is 2.96. The number of likely N-dealkylation sites (N-methyl/N-ethyl adjacent to an activating group) is 1. The lowest BCUT2D eigenvalue weighted by molar-refractivity contribution is -0.121. The molecule has 1 amide bonds. The Bertz CT molecular complexity index is 861. The largest absolute Gasteiger partial charge is 0.355 e. The highest BCUT2D eigenvalue weighted by Crippen LogP contribution is 2.18. The number of aromatic nitrogens is 2. The number of aromatic amines is 1. The standard InChI is InChI=1S/C21H25FN4OS/c1-26(15-21(27)23-11-10-19-5-3-13-28-19)12-2-4-18-14-20(25-24-18)16-6-8-17(22)9-7-16/h3,5-9,13-14H,2,4,10-12,15H2,1H3,(H,23,27)(H,24,25). The molecule has 3 rings (SSSR count). The Morgan fingerprint density at radius 1 is 1.25 bits per heavy atom. The Hall–Kier alpha value is -2.51. The molecule has 0 bridgehead atoms. The molecule has 0 spiro atoms. The van der Waals surface area contributed by atoms with Gasteiger partial charge in [0.1, 0.15) is 5.82 Å². The molecule has 0 radical (unpaired) electrons. The summed E-state index contributed by atoms with van der Waals surface area (Å²) in [6.45, 7) is 1.89. The Morgan fingerprint density at radius 3 is 2.82 bits per heavy atom. The monoisotopic (exact) mass is 400 g/mol. The van der Waals surface area contributed by atoms with Gasteiger partial charge in [0.05, 0.1) is 12.2 Å². The molecule has 148 valence electrons. The lowest BCUT2D eigenvalue weighted by atomic mass is 10.1. The van der Waals surface area contributed by atoms with Crippen LogP contribution in [0.5, 0.6) is 0 Å². The van der Waals surface area contributed by atoms with E-state index in [1.165, 1.54) is 17.0 Å². The van der Waals surface area contributed by atoms with Crippen LogP contribution < -0.4 is 5.32 Å². The molecule has 7 heteroatoms. The van der Waals surface area contributed by atoms with Gasteiger partial charge in [-0.05, 0) is 74.6 Å². The predicted octanol–water partition coefficient (Wildman–Crippen LogP) is 3.50. The maximum atomic E-state index is 13.0. The summed E-state index contributed by atoms with van der Waals surface area (Å²) in [5.74, 6) is -0.197. The van der Waals surface area contributed by atoms with Gasteiger partial charge in [-0.1, -0.05) is 6.07 Å². The van der Waals surface area contributed by atoms with Crippen molar-refractivity contribution in [3.63, 3.8) is 0 Å². The Morgan fingerprint density at radius 2 is 2.07 bits per heavy atom. The van der Waals surface area contributed by atoms with Crippen LogP contribution in [0.15, 0.2) is 47.8 Å². The smallest absolute Gasteiger partial charge is 0.234 e. The topological polar surface area (TPSA) is 61.0 Å². The maximum absolute atomic E-state index is 13.0. The normalized spacial score (nSPS) is 11.1. The summed E-state index contributed by atoms with van der Waals surface area (Å²) < 4.78 is 13.0. The van der Waals surface area contributed by atoms with Crippen molar-refractivity contribution in [1.82, 2.24) is 20.4 Å². The molecule has 1 aromatic carbocycles. The molecule has 2 aromatic heterocycles. The van der Waals surface area contributed by atoms with Crippen molar-refractivity contribution >= 4 is 17.2 Å². The number of amides is 1. The van der Waals surface area contributed by atoms with Crippen LogP contribution in [-0.4, -0.2) is 47.7 Å². The fourth-order valence-corrected chi connectivity index (χ4v) is 3.67. The highest BCUT2D eigenvalue weighted by Gasteiger charge is 2.08. The number of hydrogen-bond acceptors (Lipinski definition) is 4. The van der Waals surface area contributed by atoms with Gasteiger partial charge in [-0.2, -0.15) is 5.10 Å². The van der Waals surface area contributed by atoms with Crippen molar-refractivity contribution in [2.45, 2.75) is 19.3 Å². The minimum Gasteiger partial charge on any atom is -0.355 e. The Balaban J connectivity index is 1.34. The quantitative estimate of drug-likeness (QED) is 0.548. The number of rotatable bonds is 10. The summed E-state index contributed by atoms with van der Waals surface area (Å²) in [4.78, 5) is 15.3. The molecule has 0 fully saturated rings. The summed E-state index contributed by atoms with van der Waals surface area (Å²) in [6.07, 6.45) is 2.64. The van der Waals surface area contributed by atoms with Crippen LogP contribution in [0.1, 0.15) is 17.0 Å². The Kier molecular flexibility index (Phi) is 7.33. The number of nitrogens with zero attached hydrogens (tertiary/aromatic N) is 2. The van der Waals surface area contributed by atoms with Gasteiger partial charge in [0.2, 0.25) is 5.91 Å². The summed E-state index contributed by atoms with van der Waals surface area (Å²) in [6, 6.07) is 12.4. The number of carbonyl (C=O) groups excluding carboxylic acids is 1. The van der Waals surface area contributed by atoms with Crippen molar-refractivity contribution in [3.05, 3.63) is 64.2 Å². The molecule has 0 unspecified atom stereocenters. The van der Waals surface area contributed by atoms with Crippen LogP contribution in [0.2, 0.25) is 0 Å². The second kappa shape index (κ2) is 10.1. The first-order chi connectivity index (χ1) is 13.6. The molecule has 0 aliphatic heterocycles. The number of carbonyl (C=O) groups is 1. The van der Waals surface area contributed by atoms with Gasteiger partial charge in [-0.25, -0.2) is 4.39 Å². The molecule has 0 aliphatic carbocycles. The van der Waals surface area contributed by atoms with E-state index in [-0.39, 0.29) is 11.7 Å². The molecule has 0 saturated heterocycles. The van der Waals surface area contributed by atoms with Crippen LogP contribution in [0.4, 0.5) is 4.39 Å². The van der Waals surface area contributed by atoms with E-state index in [1.54, 1.807) is 23.5 Å². The summed E-state index contributed by atoms with van der Waals surface area (Å²) in [5, 5.41) is 12.3. The first kappa shape index (κ1) is 20.2. The summed E-state index contributed by atoms with van der Waals surface area (Å²) in [5.41, 5.74) is 2.74. The maximum Gasteiger partial charge on any atom is 0.234 e. The number of halogens is 1. The van der Waals surface area contributed by atoms with E-state index in [0.29, 0.717) is 13.1 Å². The van der Waals surface area contributed by atoms with Gasteiger partial charge in [0, 0.05) is 22.7 Å². The van der Waals surface area contributed by atoms with Gasteiger partial charge in [-0.3, -0.25) is 14.8 Å². The van der Waals surface area contributed by atoms with Crippen LogP contribution in [0, 0.1) is 5.82 Å². The van der Waals surface area contributed by atoms with Crippen LogP contribution >= 0.6 is 11.3 Å². The number of benzene rings is 1. The molecule has 2 heterocycles. The van der Waals surface area contributed by atoms with E-state index in [0.717, 1.165) is 42.8 Å². The number of thiophene rings is 1. The van der Waals surface area contributed by atoms with Crippen molar-refractivity contribution < 1.29 is 9.18 Å². The average Bonchev–Trinajstić information content (AvgIpc) is 3.34. The molecule has 0 aliphatic rings. The molecular weight excluding hydrogens is 375 g/mol. The van der Waals surface area contributed by atoms with Gasteiger partial charge in [0.15, 0.2) is 0 Å². The number of nitrogens with one attached hydrogen (secondary N) is 2. The third kappa shape index (κ3) is 6.28. The first-order valence-corrected chi connectivity index (χ1v) is 10.3. The SMILES string of the molecule is CN(CCCc1cc(-c2ccc(F)cc2)n[nH]1)CC(=O)NCCc1cccs1. The van der Waals surface area contributed by atoms with E-state index in [4.69, 9.17) is 0 Å². The van der Waals surface area contributed by atoms with Gasteiger partial charge >= 0.3 is 0 Å². The second-order valence-electron chi connectivity index (χ2n) is 6.81. The van der Waals surface area contributed by atoms with E-state index >= 15 is 0 Å².